The fourth-order valence-corrected chi connectivity index (χ4v) is 4.48. The van der Waals surface area contributed by atoms with Crippen LogP contribution < -0.4 is 5.32 Å². The number of rotatable bonds is 8. The average Bonchev–Trinajstić information content (AvgIpc) is 2.97. The number of benzene rings is 3. The molecular weight excluding hydrogens is 535 g/mol. The second-order valence-electron chi connectivity index (χ2n) is 9.33. The highest BCUT2D eigenvalue weighted by molar-refractivity contribution is 6.01. The summed E-state index contributed by atoms with van der Waals surface area (Å²) in [5, 5.41) is 21.0. The molecule has 0 bridgehead atoms. The number of aromatic hydroxyl groups is 1. The summed E-state index contributed by atoms with van der Waals surface area (Å²) in [5.74, 6) is -0.0877. The normalized spacial score (nSPS) is 12.3. The molecule has 0 radical (unpaired) electrons. The molecule has 5 aromatic rings. The zero-order chi connectivity index (χ0) is 29.0. The molecule has 2 N–H and O–H groups in total. The fourth-order valence-electron chi connectivity index (χ4n) is 4.48. The van der Waals surface area contributed by atoms with E-state index in [-0.39, 0.29) is 23.9 Å². The van der Waals surface area contributed by atoms with Gasteiger partial charge in [-0.2, -0.15) is 18.3 Å². The summed E-state index contributed by atoms with van der Waals surface area (Å²) in [6, 6.07) is 17.9. The van der Waals surface area contributed by atoms with Gasteiger partial charge in [-0.15, -0.1) is 5.10 Å². The van der Waals surface area contributed by atoms with Gasteiger partial charge in [0.1, 0.15) is 11.4 Å². The van der Waals surface area contributed by atoms with Crippen LogP contribution in [0.5, 0.6) is 5.75 Å². The topological polar surface area (TPSA) is 110 Å². The van der Waals surface area contributed by atoms with Gasteiger partial charge in [0.2, 0.25) is 0 Å². The standard InChI is InChI=1S/C30H24F3N5O3/c1-41-17-22(13-18-5-8-23(39)9-6-18)36-29(40)27-16-25(28-34-11-12-35-38-28)24-15-20(7-10-26(24)37-27)19-3-2-4-21(14-19)30(31,32)33/h2-12,14-16,22,39H,13,17H2,1H3,(H,36,40)/t22-/m0/s1. The van der Waals surface area contributed by atoms with Crippen molar-refractivity contribution in [2.75, 3.05) is 13.7 Å². The van der Waals surface area contributed by atoms with E-state index >= 15 is 0 Å². The monoisotopic (exact) mass is 559 g/mol. The summed E-state index contributed by atoms with van der Waals surface area (Å²) < 4.78 is 45.3. The maximum absolute atomic E-state index is 13.4. The minimum atomic E-state index is -4.48. The molecule has 2 aromatic heterocycles. The number of aromatic nitrogens is 4. The van der Waals surface area contributed by atoms with Crippen molar-refractivity contribution < 1.29 is 27.8 Å². The molecule has 0 fully saturated rings. The molecule has 41 heavy (non-hydrogen) atoms. The molecule has 0 aliphatic heterocycles. The van der Waals surface area contributed by atoms with Crippen molar-refractivity contribution in [3.8, 4) is 28.3 Å². The number of fused-ring (bicyclic) bond motifs is 1. The van der Waals surface area contributed by atoms with Crippen molar-refractivity contribution >= 4 is 16.8 Å². The first-order valence-electron chi connectivity index (χ1n) is 12.6. The lowest BCUT2D eigenvalue weighted by atomic mass is 9.98. The number of amides is 1. The van der Waals surface area contributed by atoms with E-state index in [0.717, 1.165) is 17.7 Å². The molecule has 2 heterocycles. The van der Waals surface area contributed by atoms with Gasteiger partial charge in [-0.1, -0.05) is 30.3 Å². The molecule has 0 saturated heterocycles. The summed E-state index contributed by atoms with van der Waals surface area (Å²) in [5.41, 5.74) is 2.01. The Hall–Kier alpha value is -4.90. The van der Waals surface area contributed by atoms with Crippen LogP contribution in [0.2, 0.25) is 0 Å². The van der Waals surface area contributed by atoms with Crippen LogP contribution in [0.3, 0.4) is 0 Å². The van der Waals surface area contributed by atoms with E-state index in [0.29, 0.717) is 34.0 Å². The molecule has 0 spiro atoms. The molecule has 1 atom stereocenters. The summed E-state index contributed by atoms with van der Waals surface area (Å²) >= 11 is 0. The van der Waals surface area contributed by atoms with Crippen LogP contribution in [0.25, 0.3) is 33.4 Å². The lowest BCUT2D eigenvalue weighted by Crippen LogP contribution is -2.40. The highest BCUT2D eigenvalue weighted by Gasteiger charge is 2.30. The number of alkyl halides is 3. The Morgan fingerprint density at radius 3 is 2.49 bits per heavy atom. The minimum Gasteiger partial charge on any atom is -0.508 e. The largest absolute Gasteiger partial charge is 0.508 e. The number of pyridine rings is 1. The Morgan fingerprint density at radius 2 is 1.78 bits per heavy atom. The van der Waals surface area contributed by atoms with Gasteiger partial charge >= 0.3 is 6.18 Å². The van der Waals surface area contributed by atoms with Crippen molar-refractivity contribution in [1.82, 2.24) is 25.5 Å². The fraction of sp³-hybridized carbons (Fsp3) is 0.167. The molecule has 8 nitrogen and oxygen atoms in total. The van der Waals surface area contributed by atoms with Gasteiger partial charge in [-0.25, -0.2) is 9.97 Å². The van der Waals surface area contributed by atoms with Crippen LogP contribution in [0, 0.1) is 0 Å². The Bertz CT molecular complexity index is 1680. The average molecular weight is 560 g/mol. The Balaban J connectivity index is 1.53. The lowest BCUT2D eigenvalue weighted by molar-refractivity contribution is -0.137. The van der Waals surface area contributed by atoms with Gasteiger partial charge < -0.3 is 15.2 Å². The van der Waals surface area contributed by atoms with Crippen LogP contribution in [-0.2, 0) is 17.3 Å². The summed E-state index contributed by atoms with van der Waals surface area (Å²) in [4.78, 5) is 22.2. The van der Waals surface area contributed by atoms with E-state index in [2.05, 4.69) is 25.5 Å². The zero-order valence-corrected chi connectivity index (χ0v) is 21.8. The lowest BCUT2D eigenvalue weighted by Gasteiger charge is -2.18. The van der Waals surface area contributed by atoms with Crippen molar-refractivity contribution in [2.24, 2.45) is 0 Å². The summed E-state index contributed by atoms with van der Waals surface area (Å²) in [7, 11) is 1.53. The number of halogens is 3. The molecule has 0 saturated carbocycles. The van der Waals surface area contributed by atoms with Crippen molar-refractivity contribution in [3.63, 3.8) is 0 Å². The maximum atomic E-state index is 13.4. The molecule has 208 valence electrons. The number of carbonyl (C=O) groups is 1. The van der Waals surface area contributed by atoms with Crippen LogP contribution in [-0.4, -0.2) is 50.9 Å². The molecule has 1 amide bonds. The van der Waals surface area contributed by atoms with E-state index < -0.39 is 23.7 Å². The van der Waals surface area contributed by atoms with E-state index in [1.807, 2.05) is 0 Å². The molecule has 0 unspecified atom stereocenters. The summed E-state index contributed by atoms with van der Waals surface area (Å²) in [6.45, 7) is 0.235. The first-order chi connectivity index (χ1) is 19.7. The number of phenols is 1. The van der Waals surface area contributed by atoms with Gasteiger partial charge in [0.25, 0.3) is 5.91 Å². The predicted octanol–water partition coefficient (Wildman–Crippen LogP) is 5.47. The zero-order valence-electron chi connectivity index (χ0n) is 21.8. The summed E-state index contributed by atoms with van der Waals surface area (Å²) in [6.07, 6.45) is -1.16. The van der Waals surface area contributed by atoms with E-state index in [9.17, 15) is 23.1 Å². The van der Waals surface area contributed by atoms with Crippen LogP contribution in [0.15, 0.2) is 85.2 Å². The van der Waals surface area contributed by atoms with Gasteiger partial charge in [0.05, 0.1) is 29.9 Å². The van der Waals surface area contributed by atoms with Crippen molar-refractivity contribution in [1.29, 1.82) is 0 Å². The van der Waals surface area contributed by atoms with E-state index in [1.165, 1.54) is 31.6 Å². The first-order valence-corrected chi connectivity index (χ1v) is 12.6. The number of nitrogens with zero attached hydrogens (tertiary/aromatic N) is 4. The highest BCUT2D eigenvalue weighted by atomic mass is 19.4. The highest BCUT2D eigenvalue weighted by Crippen LogP contribution is 2.34. The number of phenolic OH excluding ortho intramolecular Hbond substituents is 1. The predicted molar refractivity (Wildman–Crippen MR) is 146 cm³/mol. The van der Waals surface area contributed by atoms with E-state index in [1.54, 1.807) is 48.5 Å². The Morgan fingerprint density at radius 1 is 1.00 bits per heavy atom. The second-order valence-corrected chi connectivity index (χ2v) is 9.33. The smallest absolute Gasteiger partial charge is 0.416 e. The third kappa shape index (κ3) is 6.47. The van der Waals surface area contributed by atoms with Gasteiger partial charge in [-0.3, -0.25) is 4.79 Å². The second kappa shape index (κ2) is 11.7. The number of hydrogen-bond donors (Lipinski definition) is 2. The Kier molecular flexibility index (Phi) is 7.88. The molecule has 0 aliphatic carbocycles. The van der Waals surface area contributed by atoms with Crippen molar-refractivity contribution in [3.05, 3.63) is 102 Å². The van der Waals surface area contributed by atoms with E-state index in [4.69, 9.17) is 4.74 Å². The molecule has 0 aliphatic rings. The number of carbonyl (C=O) groups excluding carboxylic acids is 1. The SMILES string of the molecule is COC[C@H](Cc1ccc(O)cc1)NC(=O)c1cc(-c2nccnn2)c2cc(-c3cccc(C(F)(F)F)c3)ccc2n1. The molecule has 3 aromatic carbocycles. The minimum absolute atomic E-state index is 0.0959. The van der Waals surface area contributed by atoms with Gasteiger partial charge in [0, 0.05) is 24.3 Å². The van der Waals surface area contributed by atoms with Crippen LogP contribution >= 0.6 is 0 Å². The van der Waals surface area contributed by atoms with Crippen LogP contribution in [0.1, 0.15) is 21.6 Å². The number of nitrogens with one attached hydrogen (secondary N) is 1. The number of methoxy groups -OCH3 is 1. The molecular formula is C30H24F3N5O3. The van der Waals surface area contributed by atoms with Crippen LogP contribution in [0.4, 0.5) is 13.2 Å². The third-order valence-electron chi connectivity index (χ3n) is 6.41. The maximum Gasteiger partial charge on any atom is 0.416 e. The van der Waals surface area contributed by atoms with Gasteiger partial charge in [-0.05, 0) is 65.6 Å². The third-order valence-corrected chi connectivity index (χ3v) is 6.41. The number of ether oxygens (including phenoxy) is 1. The molecule has 11 heteroatoms. The quantitative estimate of drug-likeness (QED) is 0.260. The number of hydrogen-bond acceptors (Lipinski definition) is 7. The van der Waals surface area contributed by atoms with Gasteiger partial charge in [0.15, 0.2) is 5.82 Å². The first kappa shape index (κ1) is 27.7. The Labute approximate surface area is 232 Å². The molecule has 5 rings (SSSR count). The van der Waals surface area contributed by atoms with Crippen molar-refractivity contribution in [2.45, 2.75) is 18.6 Å².